The molecule has 0 unspecified atom stereocenters. The molecule has 50 heavy (non-hydrogen) atoms. The van der Waals surface area contributed by atoms with E-state index in [1.165, 1.54) is 19.3 Å². The van der Waals surface area contributed by atoms with Crippen LogP contribution in [0.25, 0.3) is 11.1 Å². The van der Waals surface area contributed by atoms with Crippen molar-refractivity contribution < 1.29 is 19.4 Å². The molecule has 0 radical (unpaired) electrons. The molecule has 9 rings (SSSR count). The van der Waals surface area contributed by atoms with Crippen LogP contribution in [0.2, 0.25) is 0 Å². The molecule has 10 heteroatoms. The number of aromatic nitrogens is 3. The summed E-state index contributed by atoms with van der Waals surface area (Å²) in [5.74, 6) is 3.18. The lowest BCUT2D eigenvalue weighted by molar-refractivity contribution is -0.268. The van der Waals surface area contributed by atoms with Crippen LogP contribution in [0.5, 0.6) is 0 Å². The number of carbonyl (C=O) groups is 1. The normalized spacial score (nSPS) is 29.9. The van der Waals surface area contributed by atoms with E-state index in [-0.39, 0.29) is 36.3 Å². The highest BCUT2D eigenvalue weighted by Crippen LogP contribution is 2.55. The Morgan fingerprint density at radius 2 is 1.62 bits per heavy atom. The fourth-order valence-electron chi connectivity index (χ4n) is 9.29. The Labute approximate surface area is 298 Å². The lowest BCUT2D eigenvalue weighted by Crippen LogP contribution is -2.61. The van der Waals surface area contributed by atoms with Gasteiger partial charge >= 0.3 is 6.03 Å². The van der Waals surface area contributed by atoms with Gasteiger partial charge in [-0.3, -0.25) is 0 Å². The maximum Gasteiger partial charge on any atom is 0.315 e. The molecule has 9 nitrogen and oxygen atoms in total. The first-order valence-electron chi connectivity index (χ1n) is 18.1. The number of nitrogens with zero attached hydrogens (tertiary/aromatic N) is 3. The molecule has 4 aromatic rings. The van der Waals surface area contributed by atoms with Crippen molar-refractivity contribution in [3.05, 3.63) is 101 Å². The summed E-state index contributed by atoms with van der Waals surface area (Å²) < 4.78 is 15.2. The third-order valence-corrected chi connectivity index (χ3v) is 12.6. The molecule has 1 saturated heterocycles. The maximum atomic E-state index is 13.1. The lowest BCUT2D eigenvalue weighted by Gasteiger charge is -2.56. The molecule has 2 heterocycles. The van der Waals surface area contributed by atoms with E-state index in [9.17, 15) is 9.90 Å². The molecule has 262 valence electrons. The number of aryl methyl sites for hydroxylation is 1. The zero-order chi connectivity index (χ0) is 34.2. The summed E-state index contributed by atoms with van der Waals surface area (Å²) in [6, 6.07) is 24.7. The van der Waals surface area contributed by atoms with Crippen LogP contribution >= 0.6 is 11.8 Å². The van der Waals surface area contributed by atoms with Gasteiger partial charge in [0.1, 0.15) is 6.33 Å². The fourth-order valence-corrected chi connectivity index (χ4v) is 10.3. The van der Waals surface area contributed by atoms with Crippen molar-refractivity contribution in [2.45, 2.75) is 87.8 Å². The number of urea groups is 1. The van der Waals surface area contributed by atoms with E-state index >= 15 is 0 Å². The first-order valence-corrected chi connectivity index (χ1v) is 19.0. The van der Waals surface area contributed by atoms with Gasteiger partial charge in [0.25, 0.3) is 0 Å². The number of benzene rings is 3. The van der Waals surface area contributed by atoms with Gasteiger partial charge in [0.05, 0.1) is 18.8 Å². The molecule has 4 saturated carbocycles. The molecule has 4 bridgehead atoms. The van der Waals surface area contributed by atoms with Crippen molar-refractivity contribution in [3.63, 3.8) is 0 Å². The molecule has 4 atom stereocenters. The van der Waals surface area contributed by atoms with Crippen molar-refractivity contribution in [1.29, 1.82) is 0 Å². The number of aliphatic hydroxyl groups excluding tert-OH is 1. The van der Waals surface area contributed by atoms with Crippen LogP contribution in [0.1, 0.15) is 80.1 Å². The molecular formula is C40H47N5O4S. The number of carbonyl (C=O) groups excluding carboxylic acids is 1. The van der Waals surface area contributed by atoms with Crippen LogP contribution in [0.3, 0.4) is 0 Å². The summed E-state index contributed by atoms with van der Waals surface area (Å²) in [6.45, 7) is 2.66. The van der Waals surface area contributed by atoms with Crippen LogP contribution in [0.4, 0.5) is 4.79 Å². The van der Waals surface area contributed by atoms with Gasteiger partial charge in [-0.15, -0.1) is 10.2 Å². The Bertz CT molecular complexity index is 1760. The number of aliphatic hydroxyl groups is 1. The number of hydrogen-bond acceptors (Lipinski definition) is 7. The van der Waals surface area contributed by atoms with E-state index in [0.717, 1.165) is 75.6 Å². The topological polar surface area (TPSA) is 111 Å². The quantitative estimate of drug-likeness (QED) is 0.149. The van der Waals surface area contributed by atoms with Gasteiger partial charge in [0.15, 0.2) is 11.4 Å². The number of ether oxygens (including phenoxy) is 2. The van der Waals surface area contributed by atoms with Crippen LogP contribution in [-0.4, -0.2) is 43.3 Å². The standard InChI is InChI=1S/C40H47N5O4S/c1-25-35(23-50-39-44-42-24-45(39)2)48-37(49-36(25)32-8-6-26(22-46)7-9-32)33-12-10-31(11-13-33)34-5-3-4-27(17-34)21-41-38(47)43-40-18-28-14-29(19-40)16-30(15-28)20-40/h3-13,17,24-25,28-30,35-37,46H,14-16,18-23H2,1-2H3,(H2,41,43,47)/t25-,28?,29?,30?,35+,36+,37+,40?/m1/s1. The van der Waals surface area contributed by atoms with Gasteiger partial charge in [-0.2, -0.15) is 0 Å². The van der Waals surface area contributed by atoms with Gasteiger partial charge in [-0.05, 0) is 90.2 Å². The molecule has 1 aliphatic heterocycles. The largest absolute Gasteiger partial charge is 0.392 e. The summed E-state index contributed by atoms with van der Waals surface area (Å²) in [5.41, 5.74) is 6.14. The van der Waals surface area contributed by atoms with Crippen molar-refractivity contribution in [2.75, 3.05) is 5.75 Å². The number of hydrogen-bond donors (Lipinski definition) is 3. The average Bonchev–Trinajstić information content (AvgIpc) is 3.54. The van der Waals surface area contributed by atoms with Gasteiger partial charge < -0.3 is 29.8 Å². The second kappa shape index (κ2) is 14.1. The zero-order valence-corrected chi connectivity index (χ0v) is 29.6. The third kappa shape index (κ3) is 7.08. The monoisotopic (exact) mass is 693 g/mol. The number of thioether (sulfide) groups is 1. The molecule has 1 aromatic heterocycles. The van der Waals surface area contributed by atoms with E-state index in [1.807, 2.05) is 35.9 Å². The Balaban J connectivity index is 0.936. The van der Waals surface area contributed by atoms with Crippen molar-refractivity contribution in [2.24, 2.45) is 30.7 Å². The Morgan fingerprint density at radius 1 is 0.920 bits per heavy atom. The van der Waals surface area contributed by atoms with E-state index in [1.54, 1.807) is 18.1 Å². The predicted octanol–water partition coefficient (Wildman–Crippen LogP) is 7.33. The second-order valence-electron chi connectivity index (χ2n) is 15.2. The van der Waals surface area contributed by atoms with Crippen molar-refractivity contribution >= 4 is 17.8 Å². The minimum Gasteiger partial charge on any atom is -0.392 e. The molecule has 4 aliphatic carbocycles. The van der Waals surface area contributed by atoms with E-state index in [0.29, 0.717) is 12.3 Å². The number of rotatable bonds is 10. The molecule has 3 N–H and O–H groups in total. The SMILES string of the molecule is C[C@@H]1[C@H](CSc2nncn2C)O[C@H](c2ccc(-c3cccc(CNC(=O)NC45CC6CC(CC(C6)C4)C5)c3)cc2)O[C@@H]1c1ccc(CO)cc1. The number of nitrogens with one attached hydrogen (secondary N) is 2. The van der Waals surface area contributed by atoms with Crippen LogP contribution in [-0.2, 0) is 29.7 Å². The molecule has 3 aromatic carbocycles. The lowest BCUT2D eigenvalue weighted by atomic mass is 9.53. The predicted molar refractivity (Wildman–Crippen MR) is 193 cm³/mol. The first-order chi connectivity index (χ1) is 24.3. The summed E-state index contributed by atoms with van der Waals surface area (Å²) in [5, 5.41) is 25.3. The maximum absolute atomic E-state index is 13.1. The fraction of sp³-hybridized carbons (Fsp3) is 0.475. The van der Waals surface area contributed by atoms with E-state index < -0.39 is 6.29 Å². The van der Waals surface area contributed by atoms with E-state index in [2.05, 4.69) is 76.3 Å². The number of amides is 2. The minimum absolute atomic E-state index is 0.00600. The molecule has 5 fully saturated rings. The van der Waals surface area contributed by atoms with Gasteiger partial charge in [0.2, 0.25) is 0 Å². The highest BCUT2D eigenvalue weighted by molar-refractivity contribution is 7.99. The Morgan fingerprint density at radius 3 is 2.28 bits per heavy atom. The summed E-state index contributed by atoms with van der Waals surface area (Å²) in [7, 11) is 1.94. The van der Waals surface area contributed by atoms with Gasteiger partial charge in [0, 0.05) is 36.4 Å². The first kappa shape index (κ1) is 33.4. The van der Waals surface area contributed by atoms with Crippen LogP contribution in [0, 0.1) is 23.7 Å². The summed E-state index contributed by atoms with van der Waals surface area (Å²) >= 11 is 1.63. The van der Waals surface area contributed by atoms with Gasteiger partial charge in [-0.1, -0.05) is 85.4 Å². The third-order valence-electron chi connectivity index (χ3n) is 11.5. The van der Waals surface area contributed by atoms with Crippen molar-refractivity contribution in [1.82, 2.24) is 25.4 Å². The van der Waals surface area contributed by atoms with Crippen LogP contribution in [0.15, 0.2) is 84.3 Å². The molecular weight excluding hydrogens is 647 g/mol. The minimum atomic E-state index is -0.545. The highest BCUT2D eigenvalue weighted by atomic mass is 32.2. The zero-order valence-electron chi connectivity index (χ0n) is 28.8. The second-order valence-corrected chi connectivity index (χ2v) is 16.2. The average molecular weight is 694 g/mol. The molecule has 5 aliphatic rings. The Hall–Kier alpha value is -3.70. The van der Waals surface area contributed by atoms with Gasteiger partial charge in [-0.25, -0.2) is 4.79 Å². The van der Waals surface area contributed by atoms with E-state index in [4.69, 9.17) is 9.47 Å². The summed E-state index contributed by atoms with van der Waals surface area (Å²) in [6.07, 6.45) is 8.41. The summed E-state index contributed by atoms with van der Waals surface area (Å²) in [4.78, 5) is 13.1. The highest BCUT2D eigenvalue weighted by Gasteiger charge is 2.51. The molecule has 0 spiro atoms. The van der Waals surface area contributed by atoms with Crippen molar-refractivity contribution in [3.8, 4) is 11.1 Å². The smallest absolute Gasteiger partial charge is 0.315 e. The Kier molecular flexibility index (Phi) is 9.46. The molecule has 2 amide bonds. The van der Waals surface area contributed by atoms with Crippen LogP contribution < -0.4 is 10.6 Å².